The molecule has 0 saturated carbocycles. The second-order valence-corrected chi connectivity index (χ2v) is 9.77. The lowest BCUT2D eigenvalue weighted by Gasteiger charge is -2.35. The Morgan fingerprint density at radius 3 is 2.44 bits per heavy atom. The second kappa shape index (κ2) is 10.6. The number of aryl methyl sites for hydroxylation is 2. The fourth-order valence-electron chi connectivity index (χ4n) is 4.74. The van der Waals surface area contributed by atoms with Gasteiger partial charge in [-0.3, -0.25) is 4.90 Å². The number of nitrogens with zero attached hydrogens (tertiary/aromatic N) is 6. The molecule has 1 aliphatic rings. The minimum absolute atomic E-state index is 0.695. The number of aromatic nitrogens is 3. The highest BCUT2D eigenvalue weighted by Crippen LogP contribution is 2.32. The molecule has 1 fully saturated rings. The first kappa shape index (κ1) is 24.2. The summed E-state index contributed by atoms with van der Waals surface area (Å²) in [6.07, 6.45) is 0. The van der Waals surface area contributed by atoms with Gasteiger partial charge in [0.05, 0.1) is 11.2 Å². The van der Waals surface area contributed by atoms with E-state index in [0.717, 1.165) is 84.5 Å². The molecule has 0 amide bonds. The van der Waals surface area contributed by atoms with Gasteiger partial charge in [-0.25, -0.2) is 4.98 Å². The van der Waals surface area contributed by atoms with Crippen LogP contribution in [0.3, 0.4) is 0 Å². The molecule has 188 valence electrons. The van der Waals surface area contributed by atoms with Crippen LogP contribution in [0.25, 0.3) is 22.0 Å². The highest BCUT2D eigenvalue weighted by molar-refractivity contribution is 5.94. The van der Waals surface area contributed by atoms with Crippen LogP contribution in [0.4, 0.5) is 11.8 Å². The molecule has 0 radical (unpaired) electrons. The average Bonchev–Trinajstić information content (AvgIpc) is 3.24. The molecular formula is C28H35N7O. The Morgan fingerprint density at radius 1 is 0.972 bits per heavy atom. The van der Waals surface area contributed by atoms with Crippen LogP contribution in [-0.2, 0) is 6.54 Å². The predicted molar refractivity (Wildman–Crippen MR) is 145 cm³/mol. The zero-order valence-electron chi connectivity index (χ0n) is 21.7. The normalized spacial score (nSPS) is 14.6. The highest BCUT2D eigenvalue weighted by atomic mass is 16.5. The minimum atomic E-state index is 0.695. The van der Waals surface area contributed by atoms with Crippen molar-refractivity contribution in [2.75, 3.05) is 63.6 Å². The van der Waals surface area contributed by atoms with E-state index in [1.807, 2.05) is 19.9 Å². The molecule has 3 heterocycles. The number of fused-ring (bicyclic) bond motifs is 1. The molecule has 0 unspecified atom stereocenters. The maximum atomic E-state index is 5.42. The summed E-state index contributed by atoms with van der Waals surface area (Å²) in [6.45, 7) is 10.7. The molecule has 0 atom stereocenters. The smallest absolute Gasteiger partial charge is 0.227 e. The molecule has 1 saturated heterocycles. The Kier molecular flexibility index (Phi) is 7.16. The maximum Gasteiger partial charge on any atom is 0.227 e. The summed E-state index contributed by atoms with van der Waals surface area (Å²) in [5.74, 6) is 2.45. The van der Waals surface area contributed by atoms with Crippen LogP contribution in [0.15, 0.2) is 53.1 Å². The van der Waals surface area contributed by atoms with Gasteiger partial charge in [-0.2, -0.15) is 4.98 Å². The first-order valence-electron chi connectivity index (χ1n) is 12.6. The number of likely N-dealkylation sites (N-methyl/N-ethyl adjacent to an activating group) is 1. The topological polar surface area (TPSA) is 73.6 Å². The first-order chi connectivity index (χ1) is 17.5. The molecule has 36 heavy (non-hydrogen) atoms. The van der Waals surface area contributed by atoms with Gasteiger partial charge in [0.25, 0.3) is 0 Å². The van der Waals surface area contributed by atoms with Crippen LogP contribution in [-0.4, -0.2) is 78.3 Å². The van der Waals surface area contributed by atoms with E-state index in [9.17, 15) is 0 Å². The third kappa shape index (κ3) is 5.34. The lowest BCUT2D eigenvalue weighted by Crippen LogP contribution is -2.48. The van der Waals surface area contributed by atoms with E-state index >= 15 is 0 Å². The van der Waals surface area contributed by atoms with Gasteiger partial charge in [0.2, 0.25) is 5.95 Å². The zero-order valence-corrected chi connectivity index (χ0v) is 21.7. The Morgan fingerprint density at radius 2 is 1.75 bits per heavy atom. The van der Waals surface area contributed by atoms with Gasteiger partial charge >= 0.3 is 0 Å². The Labute approximate surface area is 212 Å². The number of rotatable bonds is 8. The minimum Gasteiger partial charge on any atom is -0.365 e. The third-order valence-corrected chi connectivity index (χ3v) is 6.83. The number of nitrogens with one attached hydrogen (secondary N) is 1. The van der Waals surface area contributed by atoms with Crippen LogP contribution in [0.5, 0.6) is 0 Å². The van der Waals surface area contributed by atoms with Gasteiger partial charge in [0.1, 0.15) is 11.6 Å². The van der Waals surface area contributed by atoms with Crippen molar-refractivity contribution >= 4 is 22.7 Å². The number of piperazine rings is 1. The summed E-state index contributed by atoms with van der Waals surface area (Å²) in [5.41, 5.74) is 5.12. The van der Waals surface area contributed by atoms with E-state index in [4.69, 9.17) is 14.5 Å². The Balaban J connectivity index is 1.45. The molecule has 0 aliphatic carbocycles. The predicted octanol–water partition coefficient (Wildman–Crippen LogP) is 4.20. The summed E-state index contributed by atoms with van der Waals surface area (Å²) in [4.78, 5) is 17.1. The van der Waals surface area contributed by atoms with Crippen molar-refractivity contribution in [1.82, 2.24) is 24.9 Å². The van der Waals surface area contributed by atoms with Crippen molar-refractivity contribution in [2.45, 2.75) is 20.4 Å². The quantitative estimate of drug-likeness (QED) is 0.398. The van der Waals surface area contributed by atoms with Crippen molar-refractivity contribution in [3.63, 3.8) is 0 Å². The van der Waals surface area contributed by atoms with E-state index in [2.05, 4.69) is 81.7 Å². The molecule has 8 heteroatoms. The molecule has 5 rings (SSSR count). The van der Waals surface area contributed by atoms with E-state index in [1.165, 1.54) is 5.56 Å². The first-order valence-corrected chi connectivity index (χ1v) is 12.6. The molecule has 2 aromatic carbocycles. The Hall–Kier alpha value is -3.49. The van der Waals surface area contributed by atoms with Crippen LogP contribution >= 0.6 is 0 Å². The molecule has 4 aromatic rings. The van der Waals surface area contributed by atoms with Gasteiger partial charge in [-0.05, 0) is 51.2 Å². The third-order valence-electron chi connectivity index (χ3n) is 6.83. The molecule has 0 bridgehead atoms. The van der Waals surface area contributed by atoms with Gasteiger partial charge in [0.15, 0.2) is 0 Å². The SMILES string of the molecule is Cc1noc(C)c1-c1ccc2nc(N3CCN(CCN(C)C)CC3)nc(NCc3ccccc3)c2c1. The molecule has 0 spiro atoms. The van der Waals surface area contributed by atoms with Crippen LogP contribution in [0, 0.1) is 13.8 Å². The van der Waals surface area contributed by atoms with E-state index in [1.54, 1.807) is 0 Å². The Bertz CT molecular complexity index is 1290. The van der Waals surface area contributed by atoms with Crippen LogP contribution < -0.4 is 10.2 Å². The van der Waals surface area contributed by atoms with Gasteiger partial charge < -0.3 is 19.6 Å². The number of benzene rings is 2. The lowest BCUT2D eigenvalue weighted by atomic mass is 10.0. The maximum absolute atomic E-state index is 5.42. The lowest BCUT2D eigenvalue weighted by molar-refractivity contribution is 0.229. The largest absolute Gasteiger partial charge is 0.365 e. The number of anilines is 2. The van der Waals surface area contributed by atoms with Crippen LogP contribution in [0.2, 0.25) is 0 Å². The summed E-state index contributed by atoms with van der Waals surface area (Å²) >= 11 is 0. The molecule has 1 aliphatic heterocycles. The van der Waals surface area contributed by atoms with Crippen molar-refractivity contribution in [3.05, 3.63) is 65.5 Å². The second-order valence-electron chi connectivity index (χ2n) is 9.77. The van der Waals surface area contributed by atoms with E-state index in [-0.39, 0.29) is 0 Å². The van der Waals surface area contributed by atoms with Crippen LogP contribution in [0.1, 0.15) is 17.0 Å². The zero-order chi connectivity index (χ0) is 25.1. The molecule has 1 N–H and O–H groups in total. The monoisotopic (exact) mass is 485 g/mol. The van der Waals surface area contributed by atoms with E-state index < -0.39 is 0 Å². The molecule has 8 nitrogen and oxygen atoms in total. The van der Waals surface area contributed by atoms with E-state index in [0.29, 0.717) is 6.54 Å². The van der Waals surface area contributed by atoms with Crippen molar-refractivity contribution < 1.29 is 4.52 Å². The summed E-state index contributed by atoms with van der Waals surface area (Å²) < 4.78 is 5.42. The standard InChI is InChI=1S/C28H35N7O/c1-20-26(21(2)36-32-20)23-10-11-25-24(18-23)27(29-19-22-8-6-5-7-9-22)31-28(30-25)35-16-14-34(15-17-35)13-12-33(3)4/h5-11,18H,12-17,19H2,1-4H3,(H,29,30,31). The van der Waals surface area contributed by atoms with Crippen molar-refractivity contribution in [2.24, 2.45) is 0 Å². The summed E-state index contributed by atoms with van der Waals surface area (Å²) in [7, 11) is 4.25. The van der Waals surface area contributed by atoms with Gasteiger partial charge in [-0.1, -0.05) is 41.6 Å². The highest BCUT2D eigenvalue weighted by Gasteiger charge is 2.21. The summed E-state index contributed by atoms with van der Waals surface area (Å²) in [6, 6.07) is 16.7. The van der Waals surface area contributed by atoms with Crippen molar-refractivity contribution in [3.8, 4) is 11.1 Å². The molecular weight excluding hydrogens is 450 g/mol. The number of hydrogen-bond acceptors (Lipinski definition) is 8. The van der Waals surface area contributed by atoms with Gasteiger partial charge in [0, 0.05) is 56.8 Å². The fourth-order valence-corrected chi connectivity index (χ4v) is 4.74. The number of hydrogen-bond donors (Lipinski definition) is 1. The fraction of sp³-hybridized carbons (Fsp3) is 0.393. The average molecular weight is 486 g/mol. The van der Waals surface area contributed by atoms with Crippen molar-refractivity contribution in [1.29, 1.82) is 0 Å². The summed E-state index contributed by atoms with van der Waals surface area (Å²) in [5, 5.41) is 8.73. The van der Waals surface area contributed by atoms with Gasteiger partial charge in [-0.15, -0.1) is 0 Å². The molecule has 2 aromatic heterocycles.